The molecule has 0 aliphatic heterocycles. The maximum absolute atomic E-state index is 11.5. The Hall–Kier alpha value is -1.35. The monoisotopic (exact) mass is 206 g/mol. The predicted octanol–water partition coefficient (Wildman–Crippen LogP) is 1.78. The van der Waals surface area contributed by atoms with Crippen LogP contribution in [0.3, 0.4) is 0 Å². The second kappa shape index (κ2) is 4.45. The van der Waals surface area contributed by atoms with Gasteiger partial charge in [-0.2, -0.15) is 0 Å². The van der Waals surface area contributed by atoms with Gasteiger partial charge in [-0.3, -0.25) is 4.79 Å². The van der Waals surface area contributed by atoms with Gasteiger partial charge in [0.05, 0.1) is 0 Å². The van der Waals surface area contributed by atoms with Gasteiger partial charge in [-0.25, -0.2) is 0 Å². The molecule has 0 aromatic heterocycles. The lowest BCUT2D eigenvalue weighted by atomic mass is 10.1. The van der Waals surface area contributed by atoms with Crippen molar-refractivity contribution in [1.82, 2.24) is 0 Å². The second-order valence-corrected chi connectivity index (χ2v) is 4.43. The summed E-state index contributed by atoms with van der Waals surface area (Å²) in [7, 11) is 0. The topological polar surface area (TPSA) is 46.3 Å². The van der Waals surface area contributed by atoms with E-state index in [2.05, 4.69) is 0 Å². The molecule has 1 rings (SSSR count). The Bertz CT molecular complexity index is 327. The van der Waals surface area contributed by atoms with Crippen LogP contribution in [0.5, 0.6) is 0 Å². The zero-order valence-corrected chi connectivity index (χ0v) is 9.53. The molecule has 1 amide bonds. The number of nitrogens with two attached hydrogens (primary N) is 1. The largest absolute Gasteiger partial charge is 0.324 e. The molecule has 1 aromatic rings. The molecule has 0 bridgehead atoms. The average Bonchev–Trinajstić information content (AvgIpc) is 2.14. The summed E-state index contributed by atoms with van der Waals surface area (Å²) in [6.45, 7) is 5.89. The summed E-state index contributed by atoms with van der Waals surface area (Å²) in [6.07, 6.45) is 0. The van der Waals surface area contributed by atoms with E-state index in [1.54, 1.807) is 11.8 Å². The summed E-state index contributed by atoms with van der Waals surface area (Å²) >= 11 is 0. The minimum atomic E-state index is -0.387. The second-order valence-electron chi connectivity index (χ2n) is 4.43. The van der Waals surface area contributed by atoms with Crippen molar-refractivity contribution in [3.63, 3.8) is 0 Å². The first-order chi connectivity index (χ1) is 6.90. The van der Waals surface area contributed by atoms with Crippen molar-refractivity contribution in [3.05, 3.63) is 30.3 Å². The number of hydrogen-bond donors (Lipinski definition) is 1. The van der Waals surface area contributed by atoms with Crippen LogP contribution >= 0.6 is 0 Å². The number of carbonyl (C=O) groups excluding carboxylic acids is 1. The number of carbonyl (C=O) groups is 1. The number of nitrogens with zero attached hydrogens (tertiary/aromatic N) is 1. The molecule has 0 fully saturated rings. The van der Waals surface area contributed by atoms with Gasteiger partial charge in [-0.1, -0.05) is 18.2 Å². The fourth-order valence-electron chi connectivity index (χ4n) is 1.40. The smallest absolute Gasteiger partial charge is 0.223 e. The standard InChI is InChI=1S/C12H18N2O/c1-10(15)14(9-12(2,3)13)11-7-5-4-6-8-11/h4-8H,9,13H2,1-3H3. The van der Waals surface area contributed by atoms with E-state index in [0.29, 0.717) is 6.54 Å². The first-order valence-electron chi connectivity index (χ1n) is 5.02. The molecule has 0 saturated heterocycles. The fraction of sp³-hybridized carbons (Fsp3) is 0.417. The molecular formula is C12H18N2O. The average molecular weight is 206 g/mol. The van der Waals surface area contributed by atoms with Gasteiger partial charge in [0.15, 0.2) is 0 Å². The third-order valence-corrected chi connectivity index (χ3v) is 2.01. The van der Waals surface area contributed by atoms with E-state index in [1.807, 2.05) is 44.2 Å². The molecule has 0 saturated carbocycles. The van der Waals surface area contributed by atoms with Crippen molar-refractivity contribution in [3.8, 4) is 0 Å². The molecule has 15 heavy (non-hydrogen) atoms. The summed E-state index contributed by atoms with van der Waals surface area (Å²) in [6, 6.07) is 9.57. The number of rotatable bonds is 3. The zero-order valence-electron chi connectivity index (χ0n) is 9.53. The third-order valence-electron chi connectivity index (χ3n) is 2.01. The zero-order chi connectivity index (χ0) is 11.5. The number of amides is 1. The Morgan fingerprint density at radius 1 is 1.33 bits per heavy atom. The molecule has 0 unspecified atom stereocenters. The Balaban J connectivity index is 2.90. The van der Waals surface area contributed by atoms with Crippen LogP contribution in [0.25, 0.3) is 0 Å². The summed E-state index contributed by atoms with van der Waals surface area (Å²) < 4.78 is 0. The van der Waals surface area contributed by atoms with Gasteiger partial charge in [0.1, 0.15) is 0 Å². The van der Waals surface area contributed by atoms with Crippen LogP contribution in [-0.4, -0.2) is 18.0 Å². The van der Waals surface area contributed by atoms with E-state index >= 15 is 0 Å². The molecule has 3 nitrogen and oxygen atoms in total. The highest BCUT2D eigenvalue weighted by Crippen LogP contribution is 2.15. The van der Waals surface area contributed by atoms with Gasteiger partial charge >= 0.3 is 0 Å². The molecule has 0 spiro atoms. The van der Waals surface area contributed by atoms with Crippen LogP contribution in [0.2, 0.25) is 0 Å². The van der Waals surface area contributed by atoms with Crippen LogP contribution in [0.15, 0.2) is 30.3 Å². The van der Waals surface area contributed by atoms with Crippen molar-refractivity contribution in [1.29, 1.82) is 0 Å². The summed E-state index contributed by atoms with van der Waals surface area (Å²) in [4.78, 5) is 13.2. The first-order valence-corrected chi connectivity index (χ1v) is 5.02. The van der Waals surface area contributed by atoms with Gasteiger partial charge < -0.3 is 10.6 Å². The van der Waals surface area contributed by atoms with Crippen molar-refractivity contribution in [2.24, 2.45) is 5.73 Å². The minimum Gasteiger partial charge on any atom is -0.324 e. The molecule has 3 heteroatoms. The Kier molecular flexibility index (Phi) is 3.48. The molecular weight excluding hydrogens is 188 g/mol. The van der Waals surface area contributed by atoms with Crippen molar-refractivity contribution < 1.29 is 4.79 Å². The third kappa shape index (κ3) is 3.72. The van der Waals surface area contributed by atoms with Crippen LogP contribution in [0.4, 0.5) is 5.69 Å². The molecule has 0 heterocycles. The maximum atomic E-state index is 11.5. The SMILES string of the molecule is CC(=O)N(CC(C)(C)N)c1ccccc1. The van der Waals surface area contributed by atoms with E-state index in [4.69, 9.17) is 5.73 Å². The number of benzene rings is 1. The van der Waals surface area contributed by atoms with E-state index < -0.39 is 0 Å². The van der Waals surface area contributed by atoms with E-state index in [-0.39, 0.29) is 11.4 Å². The van der Waals surface area contributed by atoms with Crippen molar-refractivity contribution in [2.75, 3.05) is 11.4 Å². The highest BCUT2D eigenvalue weighted by Gasteiger charge is 2.19. The van der Waals surface area contributed by atoms with Gasteiger partial charge in [0.25, 0.3) is 0 Å². The van der Waals surface area contributed by atoms with Crippen LogP contribution < -0.4 is 10.6 Å². The van der Waals surface area contributed by atoms with Crippen LogP contribution in [0.1, 0.15) is 20.8 Å². The van der Waals surface area contributed by atoms with Crippen molar-refractivity contribution >= 4 is 11.6 Å². The summed E-state index contributed by atoms with van der Waals surface area (Å²) in [5, 5.41) is 0. The quantitative estimate of drug-likeness (QED) is 0.819. The normalized spacial score (nSPS) is 11.2. The minimum absolute atomic E-state index is 0.0136. The fourth-order valence-corrected chi connectivity index (χ4v) is 1.40. The molecule has 82 valence electrons. The van der Waals surface area contributed by atoms with Gasteiger partial charge in [-0.05, 0) is 26.0 Å². The highest BCUT2D eigenvalue weighted by molar-refractivity contribution is 5.91. The molecule has 0 radical (unpaired) electrons. The lowest BCUT2D eigenvalue weighted by molar-refractivity contribution is -0.116. The predicted molar refractivity (Wildman–Crippen MR) is 62.7 cm³/mol. The molecule has 0 aliphatic rings. The molecule has 0 atom stereocenters. The number of hydrogen-bond acceptors (Lipinski definition) is 2. The molecule has 2 N–H and O–H groups in total. The Labute approximate surface area is 90.9 Å². The van der Waals surface area contributed by atoms with Crippen LogP contribution in [-0.2, 0) is 4.79 Å². The lowest BCUT2D eigenvalue weighted by Crippen LogP contribution is -2.47. The van der Waals surface area contributed by atoms with Gasteiger partial charge in [0, 0.05) is 24.7 Å². The summed E-state index contributed by atoms with van der Waals surface area (Å²) in [5.41, 5.74) is 6.42. The Morgan fingerprint density at radius 2 is 1.87 bits per heavy atom. The summed E-state index contributed by atoms with van der Waals surface area (Å²) in [5.74, 6) is 0.0136. The number of anilines is 1. The number of para-hydroxylation sites is 1. The van der Waals surface area contributed by atoms with Gasteiger partial charge in [-0.15, -0.1) is 0 Å². The molecule has 1 aromatic carbocycles. The maximum Gasteiger partial charge on any atom is 0.223 e. The Morgan fingerprint density at radius 3 is 2.27 bits per heavy atom. The van der Waals surface area contributed by atoms with Crippen molar-refractivity contribution in [2.45, 2.75) is 26.3 Å². The first kappa shape index (κ1) is 11.7. The van der Waals surface area contributed by atoms with E-state index in [1.165, 1.54) is 0 Å². The highest BCUT2D eigenvalue weighted by atomic mass is 16.2. The van der Waals surface area contributed by atoms with Gasteiger partial charge in [0.2, 0.25) is 5.91 Å². The molecule has 0 aliphatic carbocycles. The van der Waals surface area contributed by atoms with E-state index in [9.17, 15) is 4.79 Å². The van der Waals surface area contributed by atoms with E-state index in [0.717, 1.165) is 5.69 Å². The van der Waals surface area contributed by atoms with Crippen LogP contribution in [0, 0.1) is 0 Å². The lowest BCUT2D eigenvalue weighted by Gasteiger charge is -2.29.